The second-order valence-corrected chi connectivity index (χ2v) is 9.89. The Hall–Kier alpha value is -3.63. The number of anilines is 1. The fraction of sp³-hybridized carbons (Fsp3) is 0.474. The molecule has 0 aliphatic carbocycles. The lowest BCUT2D eigenvalue weighted by atomic mass is 9.99. The zero-order chi connectivity index (χ0) is 35.4. The van der Waals surface area contributed by atoms with Crippen molar-refractivity contribution in [3.05, 3.63) is 95.3 Å². The molecule has 45 heavy (non-hydrogen) atoms. The Morgan fingerprint density at radius 3 is 1.89 bits per heavy atom. The molecule has 0 amide bonds. The number of allylic oxidation sites excluding steroid dienone is 9. The number of ether oxygens (including phenoxy) is 1. The maximum atomic E-state index is 12.5. The smallest absolute Gasteiger partial charge is 0.381 e. The number of nitrogens with zero attached hydrogens (tertiary/aromatic N) is 2. The highest BCUT2D eigenvalue weighted by atomic mass is 19.4. The first-order chi connectivity index (χ1) is 21.2. The summed E-state index contributed by atoms with van der Waals surface area (Å²) in [5, 5.41) is 11.1. The standard InChI is InChI=1S/C19H25N.C10H14F3N.C6H14O.C3H5N/c1-7-9-10-19(15(5)6)20-17-11-12-18(14(3)4)16(8-2)13-17;1-5-7(3)8(6-2)9(14-4)10(11,12)13;1-3-5-7-6-4-2;1-2-3-4/h7,9-13,20H,3,5,8H2,1-2,4,6H3;5-6H,1-4H3;3-6H2,1-2H3;2H2,1H3/b9-7-,19-10+;7-5+,8-6-,14-9?;;. The fourth-order valence-electron chi connectivity index (χ4n) is 3.52. The van der Waals surface area contributed by atoms with E-state index in [2.05, 4.69) is 62.4 Å². The quantitative estimate of drug-likeness (QED) is 0.142. The maximum absolute atomic E-state index is 12.5. The predicted octanol–water partition coefficient (Wildman–Crippen LogP) is 12.0. The van der Waals surface area contributed by atoms with E-state index in [1.54, 1.807) is 26.8 Å². The average molecular weight is 630 g/mol. The van der Waals surface area contributed by atoms with Crippen LogP contribution in [0, 0.1) is 11.3 Å². The zero-order valence-electron chi connectivity index (χ0n) is 29.7. The molecule has 0 unspecified atom stereocenters. The summed E-state index contributed by atoms with van der Waals surface area (Å²) < 4.78 is 42.5. The summed E-state index contributed by atoms with van der Waals surface area (Å²) in [5.74, 6) is 0. The van der Waals surface area contributed by atoms with E-state index in [1.165, 1.54) is 17.2 Å². The average Bonchev–Trinajstić information content (AvgIpc) is 3.01. The van der Waals surface area contributed by atoms with Gasteiger partial charge in [0.2, 0.25) is 0 Å². The molecule has 1 aromatic rings. The van der Waals surface area contributed by atoms with Gasteiger partial charge in [-0.05, 0) is 101 Å². The molecule has 0 spiro atoms. The molecule has 4 nitrogen and oxygen atoms in total. The van der Waals surface area contributed by atoms with Gasteiger partial charge in [-0.2, -0.15) is 18.4 Å². The van der Waals surface area contributed by atoms with Crippen molar-refractivity contribution in [3.63, 3.8) is 0 Å². The molecule has 0 saturated heterocycles. The van der Waals surface area contributed by atoms with Crippen molar-refractivity contribution < 1.29 is 17.9 Å². The van der Waals surface area contributed by atoms with Gasteiger partial charge in [0.1, 0.15) is 5.71 Å². The van der Waals surface area contributed by atoms with Crippen molar-refractivity contribution in [1.29, 1.82) is 5.26 Å². The van der Waals surface area contributed by atoms with Crippen LogP contribution in [-0.4, -0.2) is 32.1 Å². The molecule has 1 aromatic carbocycles. The van der Waals surface area contributed by atoms with Crippen molar-refractivity contribution in [2.75, 3.05) is 25.6 Å². The van der Waals surface area contributed by atoms with Crippen LogP contribution in [0.2, 0.25) is 0 Å². The number of hydrogen-bond acceptors (Lipinski definition) is 4. The number of benzene rings is 1. The van der Waals surface area contributed by atoms with E-state index >= 15 is 0 Å². The van der Waals surface area contributed by atoms with Crippen LogP contribution < -0.4 is 5.32 Å². The largest absolute Gasteiger partial charge is 0.433 e. The Labute approximate surface area is 272 Å². The minimum atomic E-state index is -4.39. The van der Waals surface area contributed by atoms with E-state index in [1.807, 2.05) is 52.0 Å². The lowest BCUT2D eigenvalue weighted by molar-refractivity contribution is -0.0582. The lowest BCUT2D eigenvalue weighted by Gasteiger charge is -2.14. The van der Waals surface area contributed by atoms with Gasteiger partial charge in [-0.15, -0.1) is 0 Å². The van der Waals surface area contributed by atoms with Gasteiger partial charge in [0.05, 0.1) is 6.07 Å². The SMILES string of the molecule is C/C=C(C(=NC)C(F)(F)F)/C(C)=C/C.C=C(C)/C(=C\C=C/C)Nc1ccc(C(=C)C)c(CC)c1.CCC#N.CCCOCCC. The Kier molecular flexibility index (Phi) is 28.4. The molecule has 1 rings (SSSR count). The van der Waals surface area contributed by atoms with Crippen LogP contribution in [0.1, 0.15) is 99.6 Å². The van der Waals surface area contributed by atoms with Crippen molar-refractivity contribution in [2.45, 2.75) is 101 Å². The number of nitriles is 1. The predicted molar refractivity (Wildman–Crippen MR) is 192 cm³/mol. The molecular formula is C38H58F3N3O. The second-order valence-electron chi connectivity index (χ2n) is 9.89. The minimum Gasteiger partial charge on any atom is -0.381 e. The molecule has 0 radical (unpaired) electrons. The summed E-state index contributed by atoms with van der Waals surface area (Å²) in [6, 6.07) is 8.35. The van der Waals surface area contributed by atoms with Crippen LogP contribution in [0.15, 0.2) is 89.1 Å². The first-order valence-electron chi connectivity index (χ1n) is 15.5. The van der Waals surface area contributed by atoms with E-state index in [4.69, 9.17) is 10.00 Å². The minimum absolute atomic E-state index is 0.141. The molecule has 7 heteroatoms. The van der Waals surface area contributed by atoms with Crippen LogP contribution in [0.3, 0.4) is 0 Å². The molecule has 0 atom stereocenters. The number of aryl methyl sites for hydroxylation is 1. The van der Waals surface area contributed by atoms with Crippen molar-refractivity contribution in [2.24, 2.45) is 4.99 Å². The van der Waals surface area contributed by atoms with E-state index < -0.39 is 11.9 Å². The molecule has 0 aromatic heterocycles. The Morgan fingerprint density at radius 2 is 1.56 bits per heavy atom. The highest BCUT2D eigenvalue weighted by molar-refractivity contribution is 6.07. The molecule has 252 valence electrons. The molecule has 0 bridgehead atoms. The topological polar surface area (TPSA) is 57.4 Å². The molecule has 0 fully saturated rings. The molecule has 0 saturated carbocycles. The van der Waals surface area contributed by atoms with Gasteiger partial charge in [0.15, 0.2) is 0 Å². The number of alkyl halides is 3. The van der Waals surface area contributed by atoms with E-state index in [0.29, 0.717) is 12.0 Å². The van der Waals surface area contributed by atoms with E-state index in [9.17, 15) is 13.2 Å². The van der Waals surface area contributed by atoms with Gasteiger partial charge in [-0.25, -0.2) is 0 Å². The summed E-state index contributed by atoms with van der Waals surface area (Å²) in [4.78, 5) is 3.28. The number of nitrogens with one attached hydrogen (secondary N) is 1. The van der Waals surface area contributed by atoms with Gasteiger partial charge in [-0.1, -0.05) is 76.8 Å². The summed E-state index contributed by atoms with van der Waals surface area (Å²) in [6.07, 6.45) is 8.63. The highest BCUT2D eigenvalue weighted by Gasteiger charge is 2.37. The van der Waals surface area contributed by atoms with Crippen LogP contribution in [-0.2, 0) is 11.2 Å². The first-order valence-corrected chi connectivity index (χ1v) is 15.5. The molecular weight excluding hydrogens is 571 g/mol. The van der Waals surface area contributed by atoms with Gasteiger partial charge < -0.3 is 10.1 Å². The van der Waals surface area contributed by atoms with Gasteiger partial charge in [0, 0.05) is 43.6 Å². The highest BCUT2D eigenvalue weighted by Crippen LogP contribution is 2.26. The summed E-state index contributed by atoms with van der Waals surface area (Å²) in [7, 11) is 1.15. The molecule has 1 N–H and O–H groups in total. The third-order valence-electron chi connectivity index (χ3n) is 5.89. The summed E-state index contributed by atoms with van der Waals surface area (Å²) in [5.41, 5.74) is 6.70. The Morgan fingerprint density at radius 1 is 1.00 bits per heavy atom. The third-order valence-corrected chi connectivity index (χ3v) is 5.89. The van der Waals surface area contributed by atoms with E-state index in [-0.39, 0.29) is 5.57 Å². The molecule has 0 heterocycles. The van der Waals surface area contributed by atoms with Crippen LogP contribution in [0.25, 0.3) is 5.57 Å². The maximum Gasteiger partial charge on any atom is 0.433 e. The monoisotopic (exact) mass is 629 g/mol. The lowest BCUT2D eigenvalue weighted by Crippen LogP contribution is -2.25. The van der Waals surface area contributed by atoms with Crippen molar-refractivity contribution in [3.8, 4) is 6.07 Å². The van der Waals surface area contributed by atoms with Crippen LogP contribution >= 0.6 is 0 Å². The summed E-state index contributed by atoms with van der Waals surface area (Å²) in [6.45, 7) is 29.1. The van der Waals surface area contributed by atoms with Gasteiger partial charge >= 0.3 is 6.18 Å². The van der Waals surface area contributed by atoms with Crippen LogP contribution in [0.4, 0.5) is 18.9 Å². The Balaban J connectivity index is -0.000000609. The molecule has 0 aliphatic heterocycles. The van der Waals surface area contributed by atoms with Gasteiger partial charge in [-0.3, -0.25) is 4.99 Å². The Bertz CT molecular complexity index is 1190. The number of halogens is 3. The second kappa shape index (κ2) is 27.9. The molecule has 0 aliphatic rings. The van der Waals surface area contributed by atoms with Gasteiger partial charge in [0.25, 0.3) is 0 Å². The van der Waals surface area contributed by atoms with Crippen molar-refractivity contribution in [1.82, 2.24) is 0 Å². The first kappa shape index (κ1) is 45.8. The zero-order valence-corrected chi connectivity index (χ0v) is 29.7. The number of rotatable bonds is 12. The number of aliphatic imine (C=N–C) groups is 1. The van der Waals surface area contributed by atoms with E-state index in [0.717, 1.165) is 62.1 Å². The third kappa shape index (κ3) is 21.7. The summed E-state index contributed by atoms with van der Waals surface area (Å²) >= 11 is 0. The van der Waals surface area contributed by atoms with Crippen LogP contribution in [0.5, 0.6) is 0 Å². The number of hydrogen-bond donors (Lipinski definition) is 1. The normalized spacial score (nSPS) is 12.1. The van der Waals surface area contributed by atoms with Crippen molar-refractivity contribution >= 4 is 17.0 Å². The fourth-order valence-corrected chi connectivity index (χ4v) is 3.52.